The third kappa shape index (κ3) is 6.35. The van der Waals surface area contributed by atoms with Crippen LogP contribution in [0.5, 0.6) is 0 Å². The van der Waals surface area contributed by atoms with Crippen molar-refractivity contribution >= 4 is 18.7 Å². The van der Waals surface area contributed by atoms with Crippen LogP contribution in [0.25, 0.3) is 0 Å². The lowest BCUT2D eigenvalue weighted by molar-refractivity contribution is -0.146. The summed E-state index contributed by atoms with van der Waals surface area (Å²) in [6, 6.07) is 21.4. The topological polar surface area (TPSA) is 47.9 Å². The van der Waals surface area contributed by atoms with Gasteiger partial charge in [-0.2, -0.15) is 0 Å². The van der Waals surface area contributed by atoms with E-state index in [-0.39, 0.29) is 11.1 Å². The molecule has 1 saturated heterocycles. The van der Waals surface area contributed by atoms with Crippen LogP contribution >= 0.6 is 0 Å². The van der Waals surface area contributed by atoms with E-state index in [1.807, 2.05) is 13.8 Å². The first-order valence-corrected chi connectivity index (χ1v) is 13.8. The first kappa shape index (κ1) is 25.7. The highest BCUT2D eigenvalue weighted by atomic mass is 28.4. The molecule has 0 aliphatic carbocycles. The molecular weight excluding hydrogens is 428 g/mol. The van der Waals surface area contributed by atoms with Crippen LogP contribution in [-0.4, -0.2) is 44.6 Å². The Morgan fingerprint density at radius 3 is 2.09 bits per heavy atom. The number of hydrogen-bond acceptors (Lipinski definition) is 4. The van der Waals surface area contributed by atoms with Crippen LogP contribution in [0.15, 0.2) is 60.7 Å². The molecule has 4 nitrogen and oxygen atoms in total. The number of hydrogen-bond donors (Lipinski definition) is 1. The van der Waals surface area contributed by atoms with E-state index in [1.54, 1.807) is 0 Å². The number of aliphatic hydroxyl groups is 1. The minimum Gasteiger partial charge on any atom is -0.407 e. The Morgan fingerprint density at radius 1 is 1.03 bits per heavy atom. The largest absolute Gasteiger partial charge is 0.407 e. The highest BCUT2D eigenvalue weighted by molar-refractivity contribution is 6.99. The van der Waals surface area contributed by atoms with Gasteiger partial charge in [0.2, 0.25) is 0 Å². The lowest BCUT2D eigenvalue weighted by Gasteiger charge is -2.43. The molecule has 2 aromatic carbocycles. The maximum atomic E-state index is 10.2. The molecule has 1 N–H and O–H groups in total. The van der Waals surface area contributed by atoms with E-state index in [4.69, 9.17) is 13.9 Å². The van der Waals surface area contributed by atoms with E-state index in [9.17, 15) is 5.11 Å². The van der Waals surface area contributed by atoms with Gasteiger partial charge in [0.05, 0.1) is 6.61 Å². The average molecular weight is 467 g/mol. The van der Waals surface area contributed by atoms with Crippen LogP contribution < -0.4 is 10.4 Å². The van der Waals surface area contributed by atoms with Crippen molar-refractivity contribution in [2.75, 3.05) is 13.2 Å². The Labute approximate surface area is 200 Å². The van der Waals surface area contributed by atoms with Crippen LogP contribution in [0.3, 0.4) is 0 Å². The van der Waals surface area contributed by atoms with Crippen LogP contribution in [0, 0.1) is 11.8 Å². The van der Waals surface area contributed by atoms with Crippen molar-refractivity contribution in [1.29, 1.82) is 0 Å². The molecule has 0 bridgehead atoms. The first-order chi connectivity index (χ1) is 15.7. The van der Waals surface area contributed by atoms with E-state index >= 15 is 0 Å². The van der Waals surface area contributed by atoms with Gasteiger partial charge in [-0.05, 0) is 42.1 Å². The molecule has 0 radical (unpaired) electrons. The fourth-order valence-corrected chi connectivity index (χ4v) is 9.05. The van der Waals surface area contributed by atoms with E-state index in [2.05, 4.69) is 93.3 Å². The zero-order valence-corrected chi connectivity index (χ0v) is 21.6. The summed E-state index contributed by atoms with van der Waals surface area (Å²) >= 11 is 0. The molecule has 2 atom stereocenters. The molecule has 5 heteroatoms. The standard InChI is InChI=1S/C28H38O4Si/c1-27(2,3)33(23-16-10-8-11-17-23,24-18-12-9-13-19-24)31-21-15-7-6-14-20-25(29)26-22-30-28(4,5)32-26/h8-13,16-19,25-26,29H,6-7,15,21-22H2,1-5H3/t25-,26+/m0/s1. The van der Waals surface area contributed by atoms with Gasteiger partial charge in [-0.15, -0.1) is 5.92 Å². The quantitative estimate of drug-likeness (QED) is 0.359. The molecule has 1 fully saturated rings. The summed E-state index contributed by atoms with van der Waals surface area (Å²) in [5, 5.41) is 12.8. The average Bonchev–Trinajstić information content (AvgIpc) is 3.16. The molecule has 0 saturated carbocycles. The van der Waals surface area contributed by atoms with Gasteiger partial charge in [-0.3, -0.25) is 0 Å². The Bertz CT molecular complexity index is 886. The number of aliphatic hydroxyl groups excluding tert-OH is 1. The van der Waals surface area contributed by atoms with Crippen molar-refractivity contribution < 1.29 is 19.0 Å². The highest BCUT2D eigenvalue weighted by Gasteiger charge is 2.49. The van der Waals surface area contributed by atoms with Gasteiger partial charge in [0.15, 0.2) is 5.79 Å². The van der Waals surface area contributed by atoms with Gasteiger partial charge >= 0.3 is 0 Å². The van der Waals surface area contributed by atoms with E-state index < -0.39 is 20.2 Å². The zero-order valence-electron chi connectivity index (χ0n) is 20.6. The van der Waals surface area contributed by atoms with Crippen molar-refractivity contribution in [3.8, 4) is 11.8 Å². The normalized spacial score (nSPS) is 19.0. The molecule has 33 heavy (non-hydrogen) atoms. The predicted molar refractivity (Wildman–Crippen MR) is 136 cm³/mol. The number of unbranched alkanes of at least 4 members (excludes halogenated alkanes) is 2. The molecule has 0 amide bonds. The minimum atomic E-state index is -2.47. The lowest BCUT2D eigenvalue weighted by Crippen LogP contribution is -2.66. The van der Waals surface area contributed by atoms with Gasteiger partial charge in [0, 0.05) is 13.0 Å². The molecule has 0 aromatic heterocycles. The zero-order chi connectivity index (χ0) is 24.0. The second-order valence-corrected chi connectivity index (χ2v) is 14.4. The fraction of sp³-hybridized carbons (Fsp3) is 0.500. The second-order valence-electron chi connectivity index (χ2n) is 10.1. The molecule has 3 rings (SSSR count). The van der Waals surface area contributed by atoms with Crippen LogP contribution in [0.2, 0.25) is 5.04 Å². The van der Waals surface area contributed by atoms with Gasteiger partial charge in [-0.1, -0.05) is 87.4 Å². The minimum absolute atomic E-state index is 0.0171. The van der Waals surface area contributed by atoms with E-state index in [0.29, 0.717) is 13.2 Å². The molecule has 0 spiro atoms. The van der Waals surface area contributed by atoms with Crippen molar-refractivity contribution in [1.82, 2.24) is 0 Å². The van der Waals surface area contributed by atoms with E-state index in [0.717, 1.165) is 19.3 Å². The van der Waals surface area contributed by atoms with Crippen molar-refractivity contribution in [3.63, 3.8) is 0 Å². The highest BCUT2D eigenvalue weighted by Crippen LogP contribution is 2.36. The smallest absolute Gasteiger partial charge is 0.261 e. The Kier molecular flexibility index (Phi) is 8.55. The summed E-state index contributed by atoms with van der Waals surface area (Å²) in [7, 11) is -2.47. The van der Waals surface area contributed by atoms with Gasteiger partial charge < -0.3 is 19.0 Å². The summed E-state index contributed by atoms with van der Waals surface area (Å²) in [5.74, 6) is 5.37. The van der Waals surface area contributed by atoms with Crippen LogP contribution in [0.4, 0.5) is 0 Å². The van der Waals surface area contributed by atoms with Crippen molar-refractivity contribution in [3.05, 3.63) is 60.7 Å². The second kappa shape index (κ2) is 11.0. The summed E-state index contributed by atoms with van der Waals surface area (Å²) in [6.07, 6.45) is 1.36. The summed E-state index contributed by atoms with van der Waals surface area (Å²) in [5.41, 5.74) is 0. The van der Waals surface area contributed by atoms with Gasteiger partial charge in [0.25, 0.3) is 8.32 Å². The Morgan fingerprint density at radius 2 is 1.61 bits per heavy atom. The predicted octanol–water partition coefficient (Wildman–Crippen LogP) is 4.25. The van der Waals surface area contributed by atoms with Gasteiger partial charge in [0.1, 0.15) is 12.2 Å². The molecular formula is C28H38O4Si. The molecule has 178 valence electrons. The van der Waals surface area contributed by atoms with Crippen LogP contribution in [-0.2, 0) is 13.9 Å². The van der Waals surface area contributed by atoms with Gasteiger partial charge in [-0.25, -0.2) is 0 Å². The summed E-state index contributed by atoms with van der Waals surface area (Å²) < 4.78 is 18.1. The van der Waals surface area contributed by atoms with Crippen molar-refractivity contribution in [2.24, 2.45) is 0 Å². The molecule has 2 aromatic rings. The maximum absolute atomic E-state index is 10.2. The van der Waals surface area contributed by atoms with Crippen molar-refractivity contribution in [2.45, 2.75) is 76.9 Å². The SMILES string of the molecule is CC1(C)OC[C@H]([C@@H](O)C#CCCCCO[Si](c2ccccc2)(c2ccccc2)C(C)(C)C)O1. The third-order valence-corrected chi connectivity index (χ3v) is 11.1. The molecule has 0 unspecified atom stereocenters. The Hall–Kier alpha value is -1.94. The molecule has 1 heterocycles. The van der Waals surface area contributed by atoms with Crippen LogP contribution in [0.1, 0.15) is 53.9 Å². The number of ether oxygens (including phenoxy) is 2. The monoisotopic (exact) mass is 466 g/mol. The first-order valence-electron chi connectivity index (χ1n) is 11.9. The van der Waals surface area contributed by atoms with E-state index in [1.165, 1.54) is 10.4 Å². The lowest BCUT2D eigenvalue weighted by atomic mass is 10.2. The summed E-state index contributed by atoms with van der Waals surface area (Å²) in [6.45, 7) is 11.6. The third-order valence-electron chi connectivity index (χ3n) is 6.06. The fourth-order valence-electron chi connectivity index (χ4n) is 4.44. The molecule has 1 aliphatic heterocycles. The maximum Gasteiger partial charge on any atom is 0.261 e. The molecule has 1 aliphatic rings. The number of rotatable bonds is 8. The number of benzene rings is 2. The Balaban J connectivity index is 1.61. The summed E-state index contributed by atoms with van der Waals surface area (Å²) in [4.78, 5) is 0.